The number of hydrogen-bond donors (Lipinski definition) is 1. The third-order valence-electron chi connectivity index (χ3n) is 9.61. The highest BCUT2D eigenvalue weighted by molar-refractivity contribution is 7.99. The van der Waals surface area contributed by atoms with Crippen molar-refractivity contribution < 1.29 is 34.5 Å². The quantitative estimate of drug-likeness (QED) is 0.143. The van der Waals surface area contributed by atoms with E-state index in [1.165, 1.54) is 18.2 Å². The first-order valence-corrected chi connectivity index (χ1v) is 17.9. The molecule has 1 N–H and O–H groups in total. The Hall–Kier alpha value is -3.83. The van der Waals surface area contributed by atoms with Crippen molar-refractivity contribution in [2.75, 3.05) is 39.2 Å². The number of hydrogen-bond acceptors (Lipinski definition) is 9. The number of thioether (sulfide) groups is 1. The van der Waals surface area contributed by atoms with Gasteiger partial charge in [0, 0.05) is 37.3 Å². The molecule has 2 heterocycles. The standard InChI is InChI=1S/C37H47N3O7S.H2/c1-25-15-16-37(40(25)35(42)24-48-23-33-26(2)39-47-27(33)3)21-30(22-37)32-8-6-5-7-28(32)11-14-34(41)38-17-18-45-19-20-46-31-12-9-29(10-13-31)36(43)44-4;/h5-10,12-13,25,30H,11,14-24H2,1-4H3,(H,38,41);1H. The molecule has 2 aliphatic rings. The molecule has 11 heteroatoms. The second-order valence-electron chi connectivity index (χ2n) is 12.8. The Bertz CT molecular complexity index is 1540. The minimum atomic E-state index is -0.389. The van der Waals surface area contributed by atoms with E-state index in [1.54, 1.807) is 36.0 Å². The van der Waals surface area contributed by atoms with Crippen LogP contribution in [-0.2, 0) is 31.2 Å². The van der Waals surface area contributed by atoms with Crippen LogP contribution < -0.4 is 10.1 Å². The van der Waals surface area contributed by atoms with Crippen molar-refractivity contribution in [3.63, 3.8) is 0 Å². The number of ether oxygens (including phenoxy) is 3. The molecule has 1 aliphatic heterocycles. The number of aromatic nitrogens is 1. The molecule has 3 aromatic rings. The van der Waals surface area contributed by atoms with E-state index in [-0.39, 0.29) is 30.8 Å². The Morgan fingerprint density at radius 2 is 1.85 bits per heavy atom. The van der Waals surface area contributed by atoms with Crippen LogP contribution in [-0.4, -0.2) is 78.6 Å². The molecule has 10 nitrogen and oxygen atoms in total. The molecular formula is C37H49N3O7S. The van der Waals surface area contributed by atoms with Crippen molar-refractivity contribution in [3.8, 4) is 5.75 Å². The third kappa shape index (κ3) is 8.60. The molecule has 1 saturated carbocycles. The van der Waals surface area contributed by atoms with Crippen molar-refractivity contribution in [2.24, 2.45) is 0 Å². The van der Waals surface area contributed by atoms with Gasteiger partial charge in [0.25, 0.3) is 0 Å². The van der Waals surface area contributed by atoms with E-state index < -0.39 is 0 Å². The Morgan fingerprint density at radius 1 is 1.08 bits per heavy atom. The summed E-state index contributed by atoms with van der Waals surface area (Å²) in [6.07, 6.45) is 5.11. The van der Waals surface area contributed by atoms with Gasteiger partial charge in [0.15, 0.2) is 0 Å². The largest absolute Gasteiger partial charge is 0.491 e. The minimum Gasteiger partial charge on any atom is -0.491 e. The summed E-state index contributed by atoms with van der Waals surface area (Å²) >= 11 is 1.64. The number of nitrogens with zero attached hydrogens (tertiary/aromatic N) is 2. The maximum atomic E-state index is 13.5. The Morgan fingerprint density at radius 3 is 2.58 bits per heavy atom. The molecule has 2 amide bonds. The lowest BCUT2D eigenvalue weighted by atomic mass is 9.63. The number of rotatable bonds is 16. The van der Waals surface area contributed by atoms with Crippen LogP contribution in [0.5, 0.6) is 5.75 Å². The number of esters is 1. The summed E-state index contributed by atoms with van der Waals surface area (Å²) in [6.45, 7) is 7.60. The number of benzene rings is 2. The average molecular weight is 680 g/mol. The van der Waals surface area contributed by atoms with Gasteiger partial charge in [-0.3, -0.25) is 9.59 Å². The monoisotopic (exact) mass is 679 g/mol. The first-order valence-electron chi connectivity index (χ1n) is 16.8. The zero-order chi connectivity index (χ0) is 34.1. The topological polar surface area (TPSA) is 120 Å². The molecule has 1 unspecified atom stereocenters. The molecule has 1 spiro atoms. The van der Waals surface area contributed by atoms with E-state index in [0.29, 0.717) is 62.2 Å². The summed E-state index contributed by atoms with van der Waals surface area (Å²) in [7, 11) is 1.35. The van der Waals surface area contributed by atoms with Crippen LogP contribution in [0.25, 0.3) is 0 Å². The van der Waals surface area contributed by atoms with E-state index in [4.69, 9.17) is 18.7 Å². The van der Waals surface area contributed by atoms with E-state index in [2.05, 4.69) is 40.5 Å². The fourth-order valence-electron chi connectivity index (χ4n) is 7.09. The zero-order valence-corrected chi connectivity index (χ0v) is 29.2. The fourth-order valence-corrected chi connectivity index (χ4v) is 8.12. The Labute approximate surface area is 288 Å². The number of nitrogens with one attached hydrogen (secondary N) is 1. The SMILES string of the molecule is COC(=O)c1ccc(OCCOCCNC(=O)CCc2ccccc2C2CC3(CCC(C)N3C(=O)CSCc3c(C)noc3C)C2)cc1.[HH]. The lowest BCUT2D eigenvalue weighted by molar-refractivity contribution is -0.138. The smallest absolute Gasteiger partial charge is 0.337 e. The lowest BCUT2D eigenvalue weighted by Crippen LogP contribution is -2.57. The van der Waals surface area contributed by atoms with Crippen molar-refractivity contribution in [3.05, 3.63) is 82.2 Å². The Kier molecular flexibility index (Phi) is 12.2. The number of likely N-dealkylation sites (tertiary alicyclic amines) is 1. The van der Waals surface area contributed by atoms with Gasteiger partial charge >= 0.3 is 5.97 Å². The van der Waals surface area contributed by atoms with Gasteiger partial charge in [0.05, 0.1) is 37.3 Å². The predicted molar refractivity (Wildman–Crippen MR) is 186 cm³/mol. The number of methoxy groups -OCH3 is 1. The molecule has 1 atom stereocenters. The minimum absolute atomic E-state index is 0. The summed E-state index contributed by atoms with van der Waals surface area (Å²) < 4.78 is 21.2. The zero-order valence-electron chi connectivity index (χ0n) is 28.4. The van der Waals surface area contributed by atoms with Gasteiger partial charge in [-0.15, -0.1) is 11.8 Å². The van der Waals surface area contributed by atoms with Gasteiger partial charge in [0.2, 0.25) is 11.8 Å². The van der Waals surface area contributed by atoms with Crippen LogP contribution in [0.3, 0.4) is 0 Å². The number of aryl methyl sites for hydroxylation is 3. The molecular weight excluding hydrogens is 630 g/mol. The maximum Gasteiger partial charge on any atom is 0.337 e. The summed E-state index contributed by atoms with van der Waals surface area (Å²) in [5, 5.41) is 6.98. The summed E-state index contributed by atoms with van der Waals surface area (Å²) in [5.74, 6) is 2.87. The second-order valence-corrected chi connectivity index (χ2v) is 13.8. The highest BCUT2D eigenvalue weighted by Crippen LogP contribution is 2.55. The van der Waals surface area contributed by atoms with E-state index in [0.717, 1.165) is 48.5 Å². The van der Waals surface area contributed by atoms with Gasteiger partial charge in [-0.05, 0) is 94.2 Å². The van der Waals surface area contributed by atoms with E-state index in [1.807, 2.05) is 19.9 Å². The van der Waals surface area contributed by atoms with Gasteiger partial charge in [0.1, 0.15) is 18.1 Å². The van der Waals surface area contributed by atoms with E-state index in [9.17, 15) is 14.4 Å². The van der Waals surface area contributed by atoms with Gasteiger partial charge < -0.3 is 29.0 Å². The fraction of sp³-hybridized carbons (Fsp3) is 0.514. The van der Waals surface area contributed by atoms with E-state index >= 15 is 0 Å². The predicted octanol–water partition coefficient (Wildman–Crippen LogP) is 6.03. The van der Waals surface area contributed by atoms with Crippen LogP contribution >= 0.6 is 11.8 Å². The molecule has 2 aromatic carbocycles. The van der Waals surface area contributed by atoms with Crippen molar-refractivity contribution in [1.29, 1.82) is 0 Å². The van der Waals surface area contributed by atoms with Crippen LogP contribution in [0.2, 0.25) is 0 Å². The van der Waals surface area contributed by atoms with Crippen LogP contribution in [0.4, 0.5) is 0 Å². The van der Waals surface area contributed by atoms with Gasteiger partial charge in [-0.25, -0.2) is 4.79 Å². The third-order valence-corrected chi connectivity index (χ3v) is 10.6. The summed E-state index contributed by atoms with van der Waals surface area (Å²) in [5.41, 5.74) is 4.90. The molecule has 0 bridgehead atoms. The normalized spacial score (nSPS) is 20.0. The van der Waals surface area contributed by atoms with Gasteiger partial charge in [-0.2, -0.15) is 0 Å². The van der Waals surface area contributed by atoms with Crippen LogP contribution in [0.1, 0.15) is 84.9 Å². The molecule has 1 aromatic heterocycles. The summed E-state index contributed by atoms with van der Waals surface area (Å²) in [6, 6.07) is 15.4. The van der Waals surface area contributed by atoms with Gasteiger partial charge in [-0.1, -0.05) is 29.4 Å². The number of carbonyl (C=O) groups is 3. The van der Waals surface area contributed by atoms with Crippen molar-refractivity contribution in [2.45, 2.75) is 82.5 Å². The second kappa shape index (κ2) is 16.5. The first kappa shape index (κ1) is 35.5. The molecule has 1 aliphatic carbocycles. The van der Waals surface area contributed by atoms with Crippen molar-refractivity contribution in [1.82, 2.24) is 15.4 Å². The Balaban J connectivity index is 0.00000541. The number of carbonyl (C=O) groups excluding carboxylic acids is 3. The molecule has 48 heavy (non-hydrogen) atoms. The van der Waals surface area contributed by atoms with Crippen LogP contribution in [0.15, 0.2) is 53.1 Å². The molecule has 1 saturated heterocycles. The molecule has 260 valence electrons. The molecule has 2 fully saturated rings. The van der Waals surface area contributed by atoms with Crippen molar-refractivity contribution >= 4 is 29.5 Å². The summed E-state index contributed by atoms with van der Waals surface area (Å²) in [4.78, 5) is 39.8. The molecule has 0 radical (unpaired) electrons. The molecule has 5 rings (SSSR count). The first-order chi connectivity index (χ1) is 23.2. The maximum absolute atomic E-state index is 13.5. The lowest BCUT2D eigenvalue weighted by Gasteiger charge is -2.52. The highest BCUT2D eigenvalue weighted by Gasteiger charge is 2.55. The number of amides is 2. The average Bonchev–Trinajstić information content (AvgIpc) is 3.60. The van der Waals surface area contributed by atoms with Crippen LogP contribution in [0, 0.1) is 13.8 Å². The highest BCUT2D eigenvalue weighted by atomic mass is 32.2.